The van der Waals surface area contributed by atoms with Gasteiger partial charge in [0.1, 0.15) is 24.6 Å². The van der Waals surface area contributed by atoms with Crippen LogP contribution in [0.1, 0.15) is 88.2 Å². The van der Waals surface area contributed by atoms with Crippen LogP contribution >= 0.6 is 0 Å². The molecule has 0 radical (unpaired) electrons. The molecule has 1 saturated carbocycles. The van der Waals surface area contributed by atoms with Crippen molar-refractivity contribution < 1.29 is 42.6 Å². The van der Waals surface area contributed by atoms with Crippen LogP contribution in [0.2, 0.25) is 0 Å². The van der Waals surface area contributed by atoms with Gasteiger partial charge in [-0.2, -0.15) is 0 Å². The van der Waals surface area contributed by atoms with Crippen molar-refractivity contribution in [3.8, 4) is 28.7 Å². The Morgan fingerprint density at radius 2 is 1.45 bits per heavy atom. The summed E-state index contributed by atoms with van der Waals surface area (Å²) in [5, 5.41) is 10.8. The number of nitrogens with one attached hydrogen (secondary N) is 4. The molecule has 1 fully saturated rings. The van der Waals surface area contributed by atoms with Gasteiger partial charge in [0.05, 0.1) is 6.54 Å². The Hall–Kier alpha value is -6.55. The molecule has 3 aromatic carbocycles. The van der Waals surface area contributed by atoms with E-state index in [9.17, 15) is 24.0 Å². The van der Waals surface area contributed by atoms with Crippen molar-refractivity contribution in [1.82, 2.24) is 21.3 Å². The maximum Gasteiger partial charge on any atom is 0.408 e. The lowest BCUT2D eigenvalue weighted by molar-refractivity contribution is 0.0534. The van der Waals surface area contributed by atoms with Gasteiger partial charge < -0.3 is 39.9 Å². The van der Waals surface area contributed by atoms with Crippen LogP contribution in [0.5, 0.6) is 5.75 Å². The maximum atomic E-state index is 13.2. The summed E-state index contributed by atoms with van der Waals surface area (Å²) >= 11 is 0. The second-order valence-corrected chi connectivity index (χ2v) is 14.1. The molecule has 5 rings (SSSR count). The molecule has 0 unspecified atom stereocenters. The fourth-order valence-corrected chi connectivity index (χ4v) is 5.24. The third kappa shape index (κ3) is 12.8. The zero-order chi connectivity index (χ0) is 40.1. The summed E-state index contributed by atoms with van der Waals surface area (Å²) in [4.78, 5) is 61.8. The molecule has 0 bridgehead atoms. The van der Waals surface area contributed by atoms with E-state index in [1.54, 1.807) is 63.2 Å². The van der Waals surface area contributed by atoms with Crippen LogP contribution in [0.4, 0.5) is 9.59 Å². The van der Waals surface area contributed by atoms with Crippen LogP contribution in [0.25, 0.3) is 11.1 Å². The fraction of sp³-hybridized carbons (Fsp3) is 0.326. The number of aryl methyl sites for hydroxylation is 1. The largest absolute Gasteiger partial charge is 0.490 e. The Labute approximate surface area is 325 Å². The number of ether oxygens (including phenoxy) is 3. The molecule has 13 nitrogen and oxygen atoms in total. The van der Waals surface area contributed by atoms with Crippen molar-refractivity contribution in [2.45, 2.75) is 58.6 Å². The molecule has 0 atom stereocenters. The van der Waals surface area contributed by atoms with Crippen LogP contribution in [-0.2, 0) is 9.47 Å². The summed E-state index contributed by atoms with van der Waals surface area (Å²) in [7, 11) is 0. The molecule has 4 N–H and O–H groups in total. The molecule has 1 aliphatic carbocycles. The third-order valence-corrected chi connectivity index (χ3v) is 8.24. The highest BCUT2D eigenvalue weighted by atomic mass is 16.6. The van der Waals surface area contributed by atoms with E-state index in [1.807, 2.05) is 37.3 Å². The van der Waals surface area contributed by atoms with E-state index in [2.05, 4.69) is 33.1 Å². The molecule has 56 heavy (non-hydrogen) atoms. The topological polar surface area (TPSA) is 174 Å². The molecular formula is C43H46N4O9. The van der Waals surface area contributed by atoms with Gasteiger partial charge in [-0.15, -0.1) is 0 Å². The molecule has 0 saturated heterocycles. The summed E-state index contributed by atoms with van der Waals surface area (Å²) in [6.07, 6.45) is 1.30. The van der Waals surface area contributed by atoms with Crippen LogP contribution in [-0.4, -0.2) is 74.3 Å². The number of carbonyl (C=O) groups is 5. The number of rotatable bonds is 15. The van der Waals surface area contributed by atoms with Crippen molar-refractivity contribution in [3.63, 3.8) is 0 Å². The van der Waals surface area contributed by atoms with E-state index in [0.717, 1.165) is 29.5 Å². The zero-order valence-corrected chi connectivity index (χ0v) is 31.9. The van der Waals surface area contributed by atoms with Crippen molar-refractivity contribution >= 4 is 29.8 Å². The Kier molecular flexibility index (Phi) is 13.9. The van der Waals surface area contributed by atoms with Gasteiger partial charge in [0.2, 0.25) is 0 Å². The molecule has 4 amide bonds. The molecule has 1 aromatic heterocycles. The summed E-state index contributed by atoms with van der Waals surface area (Å²) in [5.74, 6) is 5.68. The number of hydrogen-bond acceptors (Lipinski definition) is 9. The van der Waals surface area contributed by atoms with Gasteiger partial charge >= 0.3 is 12.2 Å². The third-order valence-electron chi connectivity index (χ3n) is 8.24. The minimum Gasteiger partial charge on any atom is -0.490 e. The normalized spacial score (nSPS) is 12.0. The quantitative estimate of drug-likeness (QED) is 0.0627. The number of hydrogen-bond donors (Lipinski definition) is 4. The lowest BCUT2D eigenvalue weighted by Crippen LogP contribution is -2.32. The average Bonchev–Trinajstić information content (AvgIpc) is 3.86. The lowest BCUT2D eigenvalue weighted by atomic mass is 9.95. The summed E-state index contributed by atoms with van der Waals surface area (Å²) in [6, 6.07) is 23.0. The SMILES string of the molecule is Cc1ccc(C(=O)NC2CC2)cc1-c1ccc(C(=O)c2ccc(OCCOC(=O)NCCCNC(=O)c3ccc(C#CCNC(=O)OC(C)(C)C)o3)cc2)cc1. The minimum absolute atomic E-state index is 0.00393. The highest BCUT2D eigenvalue weighted by Crippen LogP contribution is 2.27. The number of benzene rings is 3. The second kappa shape index (κ2) is 19.2. The van der Waals surface area contributed by atoms with Crippen LogP contribution in [0, 0.1) is 18.8 Å². The number of carbonyl (C=O) groups excluding carboxylic acids is 5. The van der Waals surface area contributed by atoms with Gasteiger partial charge in [0, 0.05) is 35.8 Å². The van der Waals surface area contributed by atoms with Crippen LogP contribution in [0.3, 0.4) is 0 Å². The predicted molar refractivity (Wildman–Crippen MR) is 209 cm³/mol. The van der Waals surface area contributed by atoms with Crippen molar-refractivity contribution in [1.29, 1.82) is 0 Å². The molecule has 0 aliphatic heterocycles. The molecular weight excluding hydrogens is 716 g/mol. The van der Waals surface area contributed by atoms with Crippen molar-refractivity contribution in [2.75, 3.05) is 32.8 Å². The lowest BCUT2D eigenvalue weighted by Gasteiger charge is -2.18. The standard InChI is InChI=1S/C43H46N4O9/c1-28-8-9-32(39(49)47-33-16-17-33)27-36(28)29-10-12-30(13-11-29)38(48)31-14-18-34(19-15-31)53-25-26-54-41(51)45-24-6-23-44-40(50)37-21-20-35(55-37)7-5-22-46-42(52)56-43(2,3)4/h8-15,18-21,27,33H,6,16-17,22-26H2,1-4H3,(H,44,50)(H,45,51)(H,46,52)(H,47,49). The van der Waals surface area contributed by atoms with E-state index >= 15 is 0 Å². The van der Waals surface area contributed by atoms with E-state index in [1.165, 1.54) is 6.07 Å². The van der Waals surface area contributed by atoms with E-state index < -0.39 is 23.7 Å². The predicted octanol–water partition coefficient (Wildman–Crippen LogP) is 6.18. The van der Waals surface area contributed by atoms with Crippen molar-refractivity contribution in [2.24, 2.45) is 0 Å². The average molecular weight is 763 g/mol. The Balaban J connectivity index is 0.947. The molecule has 13 heteroatoms. The minimum atomic E-state index is -0.621. The highest BCUT2D eigenvalue weighted by molar-refractivity contribution is 6.09. The van der Waals surface area contributed by atoms with Gasteiger partial charge in [0.25, 0.3) is 11.8 Å². The molecule has 1 aliphatic rings. The Morgan fingerprint density at radius 1 is 0.768 bits per heavy atom. The second-order valence-electron chi connectivity index (χ2n) is 14.1. The first kappa shape index (κ1) is 40.6. The van der Waals surface area contributed by atoms with Gasteiger partial charge in [-0.1, -0.05) is 36.3 Å². The molecule has 0 spiro atoms. The van der Waals surface area contributed by atoms with Crippen LogP contribution in [0.15, 0.2) is 83.3 Å². The molecule has 4 aromatic rings. The van der Waals surface area contributed by atoms with Gasteiger partial charge in [0.15, 0.2) is 17.3 Å². The first-order valence-electron chi connectivity index (χ1n) is 18.4. The van der Waals surface area contributed by atoms with Crippen LogP contribution < -0.4 is 26.0 Å². The van der Waals surface area contributed by atoms with E-state index in [-0.39, 0.29) is 62.1 Å². The molecule has 1 heterocycles. The molecule has 292 valence electrons. The first-order chi connectivity index (χ1) is 26.8. The Morgan fingerprint density at radius 3 is 2.14 bits per heavy atom. The maximum absolute atomic E-state index is 13.2. The van der Waals surface area contributed by atoms with E-state index in [0.29, 0.717) is 28.9 Å². The van der Waals surface area contributed by atoms with Gasteiger partial charge in [-0.25, -0.2) is 9.59 Å². The van der Waals surface area contributed by atoms with Crippen molar-refractivity contribution in [3.05, 3.63) is 113 Å². The summed E-state index contributed by atoms with van der Waals surface area (Å²) in [5.41, 5.74) is 3.93. The highest BCUT2D eigenvalue weighted by Gasteiger charge is 2.24. The fourth-order valence-electron chi connectivity index (χ4n) is 5.24. The number of amides is 4. The number of alkyl carbamates (subject to hydrolysis) is 2. The summed E-state index contributed by atoms with van der Waals surface area (Å²) in [6.45, 7) is 7.99. The Bertz CT molecular complexity index is 2080. The smallest absolute Gasteiger partial charge is 0.408 e. The monoisotopic (exact) mass is 762 g/mol. The first-order valence-corrected chi connectivity index (χ1v) is 18.4. The number of furan rings is 1. The van der Waals surface area contributed by atoms with E-state index in [4.69, 9.17) is 18.6 Å². The zero-order valence-electron chi connectivity index (χ0n) is 31.9. The van der Waals surface area contributed by atoms with Gasteiger partial charge in [-0.05, 0) is 118 Å². The summed E-state index contributed by atoms with van der Waals surface area (Å²) < 4.78 is 21.4. The number of ketones is 1. The van der Waals surface area contributed by atoms with Gasteiger partial charge in [-0.3, -0.25) is 14.4 Å².